The zero-order valence-corrected chi connectivity index (χ0v) is 19.0. The average Bonchev–Trinajstić information content (AvgIpc) is 2.83. The molecule has 0 saturated carbocycles. The van der Waals surface area contributed by atoms with Gasteiger partial charge in [0.05, 0.1) is 7.11 Å². The maximum Gasteiger partial charge on any atom is 0.166 e. The van der Waals surface area contributed by atoms with Crippen LogP contribution in [0.1, 0.15) is 41.2 Å². The fourth-order valence-electron chi connectivity index (χ4n) is 4.53. The number of piperidine rings is 1. The lowest BCUT2D eigenvalue weighted by atomic mass is 9.89. The van der Waals surface area contributed by atoms with Crippen molar-refractivity contribution in [3.63, 3.8) is 0 Å². The fourth-order valence-corrected chi connectivity index (χ4v) is 5.72. The first-order valence-electron chi connectivity index (χ1n) is 11.0. The lowest BCUT2D eigenvalue weighted by Crippen LogP contribution is -2.38. The molecule has 1 fully saturated rings. The molecule has 2 heterocycles. The molecule has 32 heavy (non-hydrogen) atoms. The Labute approximate surface area is 192 Å². The van der Waals surface area contributed by atoms with E-state index in [2.05, 4.69) is 14.4 Å². The zero-order valence-electron chi connectivity index (χ0n) is 18.2. The van der Waals surface area contributed by atoms with E-state index in [1.165, 1.54) is 12.1 Å². The number of nitroso groups, excluding NO2 is 1. The summed E-state index contributed by atoms with van der Waals surface area (Å²) >= 11 is 1.66. The number of ether oxygens (including phenoxy) is 1. The van der Waals surface area contributed by atoms with Crippen LogP contribution in [-0.2, 0) is 0 Å². The zero-order chi connectivity index (χ0) is 22.5. The summed E-state index contributed by atoms with van der Waals surface area (Å²) in [6, 6.07) is 11.3. The van der Waals surface area contributed by atoms with Crippen LogP contribution in [0.3, 0.4) is 0 Å². The monoisotopic (exact) mass is 457 g/mol. The fraction of sp³-hybridized carbons (Fsp3) is 0.458. The number of methoxy groups -OCH3 is 1. The summed E-state index contributed by atoms with van der Waals surface area (Å²) in [6.45, 7) is 4.18. The molecule has 1 unspecified atom stereocenters. The number of carbonyl (C=O) groups is 1. The van der Waals surface area contributed by atoms with Gasteiger partial charge >= 0.3 is 0 Å². The number of hydrogen-bond acceptors (Lipinski definition) is 7. The second-order valence-electron chi connectivity index (χ2n) is 8.31. The van der Waals surface area contributed by atoms with Gasteiger partial charge < -0.3 is 9.64 Å². The molecule has 1 saturated heterocycles. The van der Waals surface area contributed by atoms with E-state index in [0.717, 1.165) is 61.6 Å². The molecule has 8 heteroatoms. The minimum absolute atomic E-state index is 0.0141. The van der Waals surface area contributed by atoms with Gasteiger partial charge in [-0.1, -0.05) is 11.2 Å². The highest BCUT2D eigenvalue weighted by Crippen LogP contribution is 2.43. The van der Waals surface area contributed by atoms with Gasteiger partial charge in [0.1, 0.15) is 17.6 Å². The van der Waals surface area contributed by atoms with Crippen molar-refractivity contribution in [1.29, 1.82) is 0 Å². The number of halogens is 1. The molecule has 6 nitrogen and oxygen atoms in total. The first kappa shape index (κ1) is 22.9. The van der Waals surface area contributed by atoms with Crippen LogP contribution in [0, 0.1) is 16.6 Å². The van der Waals surface area contributed by atoms with E-state index in [0.29, 0.717) is 12.1 Å². The van der Waals surface area contributed by atoms with Crippen molar-refractivity contribution in [3.05, 3.63) is 64.3 Å². The molecule has 0 aliphatic carbocycles. The summed E-state index contributed by atoms with van der Waals surface area (Å²) < 4.78 is 20.7. The number of Topliss-reactive ketones (excluding diaryl/α,β-unsaturated/α-hetero) is 1. The molecule has 2 aromatic rings. The van der Waals surface area contributed by atoms with Gasteiger partial charge in [0.25, 0.3) is 0 Å². The number of nitrogens with zero attached hydrogens (tertiary/aromatic N) is 3. The molecule has 0 bridgehead atoms. The van der Waals surface area contributed by atoms with E-state index >= 15 is 0 Å². The Morgan fingerprint density at radius 2 is 1.91 bits per heavy atom. The number of rotatable bonds is 8. The molecular formula is C24H28FN3O3S. The van der Waals surface area contributed by atoms with Crippen LogP contribution in [0.15, 0.2) is 52.5 Å². The van der Waals surface area contributed by atoms with E-state index in [9.17, 15) is 14.1 Å². The minimum atomic E-state index is -0.421. The molecule has 1 atom stereocenters. The summed E-state index contributed by atoms with van der Waals surface area (Å²) in [7, 11) is 1.62. The lowest BCUT2D eigenvalue weighted by molar-refractivity contribution is 0.0838. The Balaban J connectivity index is 1.24. The molecule has 0 spiro atoms. The molecule has 2 aromatic carbocycles. The lowest BCUT2D eigenvalue weighted by Gasteiger charge is -2.33. The summed E-state index contributed by atoms with van der Waals surface area (Å²) in [6.07, 6.45) is 2.65. The molecule has 2 aliphatic heterocycles. The topological polar surface area (TPSA) is 62.2 Å². The SMILES string of the molecule is COc1cccc2c1C(N=O)CN(CCCN1CCC(C(=O)c3ccc(F)cc3)CC1)S2. The van der Waals surface area contributed by atoms with Gasteiger partial charge in [0.2, 0.25) is 0 Å². The second-order valence-corrected chi connectivity index (χ2v) is 9.45. The standard InChI is InChI=1S/C24H28FN3O3S/c1-31-21-4-2-5-22-23(21)20(26-30)16-28(32-22)13-3-12-27-14-10-18(11-15-27)24(29)17-6-8-19(25)9-7-17/h2,4-9,18,20H,3,10-16H2,1H3. The first-order chi connectivity index (χ1) is 15.6. The number of ketones is 1. The van der Waals surface area contributed by atoms with Gasteiger partial charge in [-0.15, -0.1) is 0 Å². The summed E-state index contributed by atoms with van der Waals surface area (Å²) in [5.41, 5.74) is 1.49. The predicted octanol–water partition coefficient (Wildman–Crippen LogP) is 4.95. The Morgan fingerprint density at radius 3 is 2.59 bits per heavy atom. The van der Waals surface area contributed by atoms with E-state index in [-0.39, 0.29) is 17.5 Å². The quantitative estimate of drug-likeness (QED) is 0.318. The molecule has 2 aliphatic rings. The highest BCUT2D eigenvalue weighted by Gasteiger charge is 2.30. The van der Waals surface area contributed by atoms with Gasteiger partial charge in [0, 0.05) is 35.0 Å². The van der Waals surface area contributed by atoms with Gasteiger partial charge in [0.15, 0.2) is 5.78 Å². The van der Waals surface area contributed by atoms with Crippen molar-refractivity contribution in [1.82, 2.24) is 9.21 Å². The molecular weight excluding hydrogens is 429 g/mol. The molecule has 0 N–H and O–H groups in total. The van der Waals surface area contributed by atoms with Crippen molar-refractivity contribution < 1.29 is 13.9 Å². The van der Waals surface area contributed by atoms with Crippen molar-refractivity contribution in [2.45, 2.75) is 30.2 Å². The molecule has 0 amide bonds. The van der Waals surface area contributed by atoms with E-state index in [1.54, 1.807) is 31.2 Å². The van der Waals surface area contributed by atoms with Crippen LogP contribution >= 0.6 is 11.9 Å². The van der Waals surface area contributed by atoms with Gasteiger partial charge in [-0.2, -0.15) is 4.91 Å². The molecule has 0 radical (unpaired) electrons. The third-order valence-electron chi connectivity index (χ3n) is 6.28. The van der Waals surface area contributed by atoms with Crippen LogP contribution in [-0.4, -0.2) is 54.8 Å². The predicted molar refractivity (Wildman–Crippen MR) is 123 cm³/mol. The summed E-state index contributed by atoms with van der Waals surface area (Å²) in [5, 5.41) is 3.35. The third-order valence-corrected chi connectivity index (χ3v) is 7.42. The Bertz CT molecular complexity index is 948. The van der Waals surface area contributed by atoms with E-state index in [4.69, 9.17) is 4.74 Å². The van der Waals surface area contributed by atoms with Crippen molar-refractivity contribution in [2.75, 3.05) is 39.8 Å². The van der Waals surface area contributed by atoms with Crippen LogP contribution in [0.5, 0.6) is 5.75 Å². The number of benzene rings is 2. The number of likely N-dealkylation sites (tertiary alicyclic amines) is 1. The van der Waals surface area contributed by atoms with Crippen molar-refractivity contribution >= 4 is 17.7 Å². The summed E-state index contributed by atoms with van der Waals surface area (Å²) in [4.78, 5) is 27.5. The smallest absolute Gasteiger partial charge is 0.166 e. The van der Waals surface area contributed by atoms with Gasteiger partial charge in [-0.3, -0.25) is 4.79 Å². The Hall–Kier alpha value is -2.29. The number of carbonyl (C=O) groups excluding carboxylic acids is 1. The van der Waals surface area contributed by atoms with E-state index in [1.807, 2.05) is 18.2 Å². The maximum atomic E-state index is 13.1. The molecule has 4 rings (SSSR count). The van der Waals surface area contributed by atoms with Crippen molar-refractivity contribution in [2.24, 2.45) is 11.1 Å². The maximum absolute atomic E-state index is 13.1. The second kappa shape index (κ2) is 10.6. The highest BCUT2D eigenvalue weighted by atomic mass is 32.2. The van der Waals surface area contributed by atoms with Gasteiger partial charge in [-0.05, 0) is 87.2 Å². The normalized spacial score (nSPS) is 20.0. The Morgan fingerprint density at radius 1 is 1.16 bits per heavy atom. The van der Waals surface area contributed by atoms with Crippen LogP contribution < -0.4 is 4.74 Å². The van der Waals surface area contributed by atoms with Crippen molar-refractivity contribution in [3.8, 4) is 5.75 Å². The highest BCUT2D eigenvalue weighted by molar-refractivity contribution is 7.97. The molecule has 0 aromatic heterocycles. The number of fused-ring (bicyclic) bond motifs is 1. The Kier molecular flexibility index (Phi) is 7.55. The van der Waals surface area contributed by atoms with Crippen LogP contribution in [0.4, 0.5) is 4.39 Å². The van der Waals surface area contributed by atoms with Crippen LogP contribution in [0.25, 0.3) is 0 Å². The summed E-state index contributed by atoms with van der Waals surface area (Å²) in [5.74, 6) is 0.537. The van der Waals surface area contributed by atoms with E-state index < -0.39 is 6.04 Å². The third kappa shape index (κ3) is 5.19. The van der Waals surface area contributed by atoms with Gasteiger partial charge in [-0.25, -0.2) is 8.70 Å². The largest absolute Gasteiger partial charge is 0.496 e. The first-order valence-corrected chi connectivity index (χ1v) is 11.8. The number of hydrogen-bond donors (Lipinski definition) is 0. The minimum Gasteiger partial charge on any atom is -0.496 e. The molecule has 170 valence electrons. The average molecular weight is 458 g/mol. The van der Waals surface area contributed by atoms with Crippen LogP contribution in [0.2, 0.25) is 0 Å².